The fourth-order valence-corrected chi connectivity index (χ4v) is 4.25. The van der Waals surface area contributed by atoms with Gasteiger partial charge < -0.3 is 14.8 Å². The summed E-state index contributed by atoms with van der Waals surface area (Å²) in [5, 5.41) is 4.58. The maximum Gasteiger partial charge on any atom is 0.194 e. The summed E-state index contributed by atoms with van der Waals surface area (Å²) < 4.78 is 2.23. The van der Waals surface area contributed by atoms with Crippen LogP contribution in [-0.2, 0) is 6.54 Å². The molecule has 1 aliphatic rings. The van der Waals surface area contributed by atoms with E-state index in [1.807, 2.05) is 12.5 Å². The molecule has 2 aromatic heterocycles. The predicted octanol–water partition coefficient (Wildman–Crippen LogP) is 3.01. The summed E-state index contributed by atoms with van der Waals surface area (Å²) >= 11 is 1.74. The highest BCUT2D eigenvalue weighted by Gasteiger charge is 2.28. The zero-order valence-electron chi connectivity index (χ0n) is 15.6. The minimum atomic E-state index is 0.437. The zero-order valence-corrected chi connectivity index (χ0v) is 16.4. The van der Waals surface area contributed by atoms with Crippen molar-refractivity contribution in [3.63, 3.8) is 0 Å². The Kier molecular flexibility index (Phi) is 5.73. The molecule has 2 aromatic rings. The lowest BCUT2D eigenvalue weighted by atomic mass is 9.93. The van der Waals surface area contributed by atoms with E-state index in [4.69, 9.17) is 4.99 Å². The van der Waals surface area contributed by atoms with Crippen LogP contribution < -0.4 is 5.32 Å². The number of aliphatic imine (C=N–C) groups is 1. The summed E-state index contributed by atoms with van der Waals surface area (Å²) in [7, 11) is 0. The van der Waals surface area contributed by atoms with E-state index in [1.54, 1.807) is 11.3 Å². The lowest BCUT2D eigenvalue weighted by Gasteiger charge is -2.39. The maximum absolute atomic E-state index is 4.90. The van der Waals surface area contributed by atoms with Crippen LogP contribution in [0.3, 0.4) is 0 Å². The molecule has 1 N–H and O–H groups in total. The number of likely N-dealkylation sites (tertiary alicyclic amines) is 1. The lowest BCUT2D eigenvalue weighted by Crippen LogP contribution is -2.49. The monoisotopic (exact) mass is 360 g/mol. The van der Waals surface area contributed by atoms with Gasteiger partial charge in [-0.15, -0.1) is 11.3 Å². The molecule has 0 aromatic carbocycles. The number of guanidine groups is 1. The summed E-state index contributed by atoms with van der Waals surface area (Å²) in [6.45, 7) is 12.1. The first-order chi connectivity index (χ1) is 12.1. The normalized spacial score (nSPS) is 21.6. The Morgan fingerprint density at radius 2 is 2.28 bits per heavy atom. The van der Waals surface area contributed by atoms with E-state index < -0.39 is 0 Å². The Bertz CT molecular complexity index is 705. The van der Waals surface area contributed by atoms with Gasteiger partial charge in [-0.3, -0.25) is 0 Å². The van der Waals surface area contributed by atoms with Crippen LogP contribution in [-0.4, -0.2) is 45.0 Å². The molecule has 1 saturated heterocycles. The van der Waals surface area contributed by atoms with E-state index in [0.29, 0.717) is 18.5 Å². The van der Waals surface area contributed by atoms with Crippen LogP contribution in [0.1, 0.15) is 41.9 Å². The Morgan fingerprint density at radius 1 is 1.44 bits per heavy atom. The molecular formula is C18H28N6S. The van der Waals surface area contributed by atoms with Crippen LogP contribution in [0.15, 0.2) is 23.7 Å². The fourth-order valence-electron chi connectivity index (χ4n) is 3.39. The van der Waals surface area contributed by atoms with Crippen LogP contribution in [0.2, 0.25) is 0 Å². The van der Waals surface area contributed by atoms with Crippen molar-refractivity contribution in [2.45, 2.75) is 46.7 Å². The highest BCUT2D eigenvalue weighted by Crippen LogP contribution is 2.27. The molecule has 0 bridgehead atoms. The summed E-state index contributed by atoms with van der Waals surface area (Å²) in [5.41, 5.74) is 1.10. The Balaban J connectivity index is 1.75. The molecule has 0 saturated carbocycles. The second-order valence-electron chi connectivity index (χ2n) is 6.70. The van der Waals surface area contributed by atoms with Gasteiger partial charge in [0.05, 0.1) is 29.6 Å². The van der Waals surface area contributed by atoms with Crippen molar-refractivity contribution in [3.05, 3.63) is 34.3 Å². The third-order valence-corrected chi connectivity index (χ3v) is 5.89. The second kappa shape index (κ2) is 7.99. The molecule has 3 rings (SSSR count). The Morgan fingerprint density at radius 3 is 2.92 bits per heavy atom. The topological polar surface area (TPSA) is 58.3 Å². The molecule has 25 heavy (non-hydrogen) atoms. The van der Waals surface area contributed by atoms with E-state index in [0.717, 1.165) is 42.7 Å². The van der Waals surface area contributed by atoms with Crippen LogP contribution >= 0.6 is 11.3 Å². The number of aromatic nitrogens is 3. The van der Waals surface area contributed by atoms with Crippen LogP contribution in [0.4, 0.5) is 0 Å². The molecule has 6 nitrogen and oxygen atoms in total. The number of imidazole rings is 1. The van der Waals surface area contributed by atoms with E-state index in [1.165, 1.54) is 4.88 Å². The van der Waals surface area contributed by atoms with Gasteiger partial charge in [-0.2, -0.15) is 0 Å². The van der Waals surface area contributed by atoms with Gasteiger partial charge in [0.1, 0.15) is 0 Å². The summed E-state index contributed by atoms with van der Waals surface area (Å²) in [4.78, 5) is 17.3. The molecular weight excluding hydrogens is 332 g/mol. The van der Waals surface area contributed by atoms with Gasteiger partial charge in [-0.05, 0) is 33.1 Å². The maximum atomic E-state index is 4.90. The van der Waals surface area contributed by atoms with Gasteiger partial charge in [0, 0.05) is 36.9 Å². The molecule has 2 unspecified atom stereocenters. The first-order valence-electron chi connectivity index (χ1n) is 9.02. The van der Waals surface area contributed by atoms with E-state index in [-0.39, 0.29) is 0 Å². The van der Waals surface area contributed by atoms with Crippen molar-refractivity contribution in [2.75, 3.05) is 19.6 Å². The molecule has 2 atom stereocenters. The minimum absolute atomic E-state index is 0.437. The van der Waals surface area contributed by atoms with E-state index in [2.05, 4.69) is 58.6 Å². The van der Waals surface area contributed by atoms with Gasteiger partial charge in [0.2, 0.25) is 0 Å². The average molecular weight is 361 g/mol. The SMILES string of the molecule is CCNC(=NCc1sc(C)nc1C)N1CCC(C)C(n2ccnc2)C1. The number of hydrogen-bond acceptors (Lipinski definition) is 4. The largest absolute Gasteiger partial charge is 0.357 e. The highest BCUT2D eigenvalue weighted by molar-refractivity contribution is 7.11. The zero-order chi connectivity index (χ0) is 17.8. The van der Waals surface area contributed by atoms with Crippen molar-refractivity contribution in [1.82, 2.24) is 24.8 Å². The molecule has 0 amide bonds. The predicted molar refractivity (Wildman–Crippen MR) is 103 cm³/mol. The smallest absolute Gasteiger partial charge is 0.194 e. The summed E-state index contributed by atoms with van der Waals surface area (Å²) in [6, 6.07) is 0.437. The molecule has 3 heterocycles. The van der Waals surface area contributed by atoms with Gasteiger partial charge >= 0.3 is 0 Å². The fraction of sp³-hybridized carbons (Fsp3) is 0.611. The average Bonchev–Trinajstić information content (AvgIpc) is 3.22. The number of nitrogens with one attached hydrogen (secondary N) is 1. The standard InChI is InChI=1S/C18H28N6S/c1-5-20-18(21-10-17-14(3)22-15(4)25-17)23-8-6-13(2)16(11-23)24-9-7-19-12-24/h7,9,12-13,16H,5-6,8,10-11H2,1-4H3,(H,20,21). The van der Waals surface area contributed by atoms with E-state index in [9.17, 15) is 0 Å². The molecule has 7 heteroatoms. The van der Waals surface area contributed by atoms with E-state index >= 15 is 0 Å². The molecule has 136 valence electrons. The molecule has 0 radical (unpaired) electrons. The molecule has 1 fully saturated rings. The van der Waals surface area contributed by atoms with Crippen molar-refractivity contribution in [3.8, 4) is 0 Å². The number of piperidine rings is 1. The van der Waals surface area contributed by atoms with Crippen LogP contribution in [0.25, 0.3) is 0 Å². The van der Waals surface area contributed by atoms with Crippen molar-refractivity contribution in [2.24, 2.45) is 10.9 Å². The molecule has 0 spiro atoms. The number of rotatable bonds is 4. The Hall–Kier alpha value is -1.89. The Labute approximate surface area is 154 Å². The van der Waals surface area contributed by atoms with Crippen LogP contribution in [0.5, 0.6) is 0 Å². The summed E-state index contributed by atoms with van der Waals surface area (Å²) in [6.07, 6.45) is 7.02. The molecule has 0 aliphatic carbocycles. The highest BCUT2D eigenvalue weighted by atomic mass is 32.1. The van der Waals surface area contributed by atoms with Crippen molar-refractivity contribution < 1.29 is 0 Å². The molecule has 1 aliphatic heterocycles. The third-order valence-electron chi connectivity index (χ3n) is 4.83. The first-order valence-corrected chi connectivity index (χ1v) is 9.83. The lowest BCUT2D eigenvalue weighted by molar-refractivity contribution is 0.189. The van der Waals surface area contributed by atoms with Gasteiger partial charge in [-0.25, -0.2) is 15.0 Å². The first kappa shape index (κ1) is 17.9. The second-order valence-corrected chi connectivity index (χ2v) is 7.99. The number of nitrogens with zero attached hydrogens (tertiary/aromatic N) is 5. The minimum Gasteiger partial charge on any atom is -0.357 e. The van der Waals surface area contributed by atoms with Gasteiger partial charge in [0.25, 0.3) is 0 Å². The van der Waals surface area contributed by atoms with Crippen molar-refractivity contribution >= 4 is 17.3 Å². The summed E-state index contributed by atoms with van der Waals surface area (Å²) in [5.74, 6) is 1.64. The number of thiazole rings is 1. The van der Waals surface area contributed by atoms with Gasteiger partial charge in [0.15, 0.2) is 5.96 Å². The van der Waals surface area contributed by atoms with Crippen molar-refractivity contribution in [1.29, 1.82) is 0 Å². The van der Waals surface area contributed by atoms with Crippen LogP contribution in [0, 0.1) is 19.8 Å². The third kappa shape index (κ3) is 4.21. The quantitative estimate of drug-likeness (QED) is 0.673. The van der Waals surface area contributed by atoms with Gasteiger partial charge in [-0.1, -0.05) is 6.92 Å². The number of hydrogen-bond donors (Lipinski definition) is 1. The number of aryl methyl sites for hydroxylation is 2.